The molecule has 20 heavy (non-hydrogen) atoms. The molecule has 1 heterocycles. The average molecular weight is 282 g/mol. The molecule has 0 radical (unpaired) electrons. The van der Waals surface area contributed by atoms with Crippen molar-refractivity contribution in [1.29, 1.82) is 0 Å². The third-order valence-electron chi connectivity index (χ3n) is 3.98. The number of hydrogen-bond donors (Lipinski definition) is 2. The Morgan fingerprint density at radius 2 is 1.95 bits per heavy atom. The Balaban J connectivity index is 2.03. The van der Waals surface area contributed by atoms with Crippen molar-refractivity contribution in [2.24, 2.45) is 10.9 Å². The minimum atomic E-state index is 0.879. The molecular weight excluding hydrogens is 248 g/mol. The Hall–Kier alpha value is -0.770. The van der Waals surface area contributed by atoms with E-state index in [4.69, 9.17) is 0 Å². The zero-order chi connectivity index (χ0) is 14.6. The number of unbranched alkanes of at least 4 members (excludes halogenated alkanes) is 2. The summed E-state index contributed by atoms with van der Waals surface area (Å²) >= 11 is 0. The fourth-order valence-corrected chi connectivity index (χ4v) is 2.80. The molecule has 1 aliphatic rings. The normalized spacial score (nSPS) is 20.9. The highest BCUT2D eigenvalue weighted by molar-refractivity contribution is 5.79. The highest BCUT2D eigenvalue weighted by atomic mass is 15.2. The Bertz CT molecular complexity index is 265. The molecule has 1 rings (SSSR count). The summed E-state index contributed by atoms with van der Waals surface area (Å²) in [6, 6.07) is 0. The molecule has 4 heteroatoms. The van der Waals surface area contributed by atoms with Crippen LogP contribution in [0.15, 0.2) is 4.99 Å². The third-order valence-corrected chi connectivity index (χ3v) is 3.98. The summed E-state index contributed by atoms with van der Waals surface area (Å²) < 4.78 is 0. The van der Waals surface area contributed by atoms with E-state index < -0.39 is 0 Å². The summed E-state index contributed by atoms with van der Waals surface area (Å²) in [6.07, 6.45) is 7.75. The highest BCUT2D eigenvalue weighted by Crippen LogP contribution is 2.15. The zero-order valence-corrected chi connectivity index (χ0v) is 13.7. The van der Waals surface area contributed by atoms with Crippen LogP contribution in [-0.4, -0.2) is 50.6 Å². The molecule has 1 saturated heterocycles. The maximum absolute atomic E-state index is 4.26. The van der Waals surface area contributed by atoms with E-state index in [-0.39, 0.29) is 0 Å². The molecule has 4 nitrogen and oxygen atoms in total. The molecule has 0 amide bonds. The van der Waals surface area contributed by atoms with Gasteiger partial charge in [-0.3, -0.25) is 4.99 Å². The Labute approximate surface area is 125 Å². The van der Waals surface area contributed by atoms with Crippen molar-refractivity contribution in [2.45, 2.75) is 52.4 Å². The highest BCUT2D eigenvalue weighted by Gasteiger charge is 2.15. The lowest BCUT2D eigenvalue weighted by Crippen LogP contribution is -2.40. The van der Waals surface area contributed by atoms with Crippen LogP contribution in [0, 0.1) is 5.92 Å². The molecule has 0 aromatic rings. The summed E-state index contributed by atoms with van der Waals surface area (Å²) in [4.78, 5) is 6.87. The van der Waals surface area contributed by atoms with Gasteiger partial charge in [-0.1, -0.05) is 26.7 Å². The smallest absolute Gasteiger partial charge is 0.190 e. The molecule has 1 atom stereocenters. The third kappa shape index (κ3) is 7.73. The van der Waals surface area contributed by atoms with Crippen molar-refractivity contribution in [1.82, 2.24) is 15.5 Å². The van der Waals surface area contributed by atoms with E-state index in [9.17, 15) is 0 Å². The van der Waals surface area contributed by atoms with E-state index in [1.54, 1.807) is 0 Å². The number of hydrogen-bond acceptors (Lipinski definition) is 2. The monoisotopic (exact) mass is 282 g/mol. The molecule has 0 bridgehead atoms. The van der Waals surface area contributed by atoms with Crippen molar-refractivity contribution in [3.8, 4) is 0 Å². The SMILES string of the molecule is CCCCCNC(=NC)NCCCN1CCCC(C)C1. The van der Waals surface area contributed by atoms with Crippen LogP contribution in [-0.2, 0) is 0 Å². The molecule has 0 spiro atoms. The van der Waals surface area contributed by atoms with Crippen molar-refractivity contribution < 1.29 is 0 Å². The maximum atomic E-state index is 4.26. The lowest BCUT2D eigenvalue weighted by molar-refractivity contribution is 0.182. The first-order valence-corrected chi connectivity index (χ1v) is 8.43. The fraction of sp³-hybridized carbons (Fsp3) is 0.938. The lowest BCUT2D eigenvalue weighted by atomic mass is 10.0. The number of piperidine rings is 1. The summed E-state index contributed by atoms with van der Waals surface area (Å²) in [7, 11) is 1.85. The quantitative estimate of drug-likeness (QED) is 0.408. The molecule has 0 aromatic carbocycles. The standard InChI is InChI=1S/C16H34N4/c1-4-5-6-10-18-16(17-3)19-11-8-13-20-12-7-9-15(2)14-20/h15H,4-14H2,1-3H3,(H2,17,18,19). The van der Waals surface area contributed by atoms with Crippen LogP contribution in [0.5, 0.6) is 0 Å². The topological polar surface area (TPSA) is 39.7 Å². The lowest BCUT2D eigenvalue weighted by Gasteiger charge is -2.30. The van der Waals surface area contributed by atoms with Gasteiger partial charge in [0.2, 0.25) is 0 Å². The number of nitrogens with zero attached hydrogens (tertiary/aromatic N) is 2. The first-order valence-electron chi connectivity index (χ1n) is 8.43. The fourth-order valence-electron chi connectivity index (χ4n) is 2.80. The summed E-state index contributed by atoms with van der Waals surface area (Å²) in [5, 5.41) is 6.78. The van der Waals surface area contributed by atoms with Gasteiger partial charge in [-0.05, 0) is 44.7 Å². The summed E-state index contributed by atoms with van der Waals surface area (Å²) in [6.45, 7) is 10.4. The van der Waals surface area contributed by atoms with Gasteiger partial charge in [-0.15, -0.1) is 0 Å². The molecule has 1 unspecified atom stereocenters. The van der Waals surface area contributed by atoms with Gasteiger partial charge in [0.05, 0.1) is 0 Å². The van der Waals surface area contributed by atoms with Crippen molar-refractivity contribution in [3.63, 3.8) is 0 Å². The minimum absolute atomic E-state index is 0.879. The van der Waals surface area contributed by atoms with Crippen LogP contribution in [0.4, 0.5) is 0 Å². The van der Waals surface area contributed by atoms with Gasteiger partial charge >= 0.3 is 0 Å². The maximum Gasteiger partial charge on any atom is 0.190 e. The molecule has 0 aromatic heterocycles. The second-order valence-electron chi connectivity index (χ2n) is 6.03. The van der Waals surface area contributed by atoms with E-state index >= 15 is 0 Å². The summed E-state index contributed by atoms with van der Waals surface area (Å²) in [5.74, 6) is 1.83. The van der Waals surface area contributed by atoms with Crippen molar-refractivity contribution in [2.75, 3.05) is 39.8 Å². The Morgan fingerprint density at radius 3 is 2.60 bits per heavy atom. The number of nitrogens with one attached hydrogen (secondary N) is 2. The van der Waals surface area contributed by atoms with Crippen molar-refractivity contribution >= 4 is 5.96 Å². The van der Waals surface area contributed by atoms with Gasteiger partial charge in [-0.25, -0.2) is 0 Å². The van der Waals surface area contributed by atoms with E-state index in [2.05, 4.69) is 34.4 Å². The predicted octanol–water partition coefficient (Wildman–Crippen LogP) is 2.46. The second-order valence-corrected chi connectivity index (χ2v) is 6.03. The zero-order valence-electron chi connectivity index (χ0n) is 13.7. The molecule has 118 valence electrons. The number of aliphatic imine (C=N–C) groups is 1. The minimum Gasteiger partial charge on any atom is -0.356 e. The number of rotatable bonds is 8. The van der Waals surface area contributed by atoms with Crippen LogP contribution in [0.2, 0.25) is 0 Å². The predicted molar refractivity (Wildman–Crippen MR) is 88.3 cm³/mol. The largest absolute Gasteiger partial charge is 0.356 e. The molecule has 0 aliphatic carbocycles. The van der Waals surface area contributed by atoms with Crippen LogP contribution in [0.1, 0.15) is 52.4 Å². The van der Waals surface area contributed by atoms with Gasteiger partial charge in [0.25, 0.3) is 0 Å². The first kappa shape index (κ1) is 17.3. The van der Waals surface area contributed by atoms with Crippen LogP contribution < -0.4 is 10.6 Å². The Morgan fingerprint density at radius 1 is 1.20 bits per heavy atom. The molecular formula is C16H34N4. The van der Waals surface area contributed by atoms with E-state index in [1.807, 2.05) is 7.05 Å². The number of guanidine groups is 1. The second kappa shape index (κ2) is 11.0. The van der Waals surface area contributed by atoms with Crippen LogP contribution in [0.3, 0.4) is 0 Å². The van der Waals surface area contributed by atoms with Gasteiger partial charge in [0, 0.05) is 26.7 Å². The molecule has 1 fully saturated rings. The van der Waals surface area contributed by atoms with E-state index in [0.29, 0.717) is 0 Å². The van der Waals surface area contributed by atoms with Gasteiger partial charge < -0.3 is 15.5 Å². The van der Waals surface area contributed by atoms with Crippen molar-refractivity contribution in [3.05, 3.63) is 0 Å². The molecule has 0 saturated carbocycles. The number of likely N-dealkylation sites (tertiary alicyclic amines) is 1. The molecule has 2 N–H and O–H groups in total. The first-order chi connectivity index (χ1) is 9.76. The van der Waals surface area contributed by atoms with Gasteiger partial charge in [-0.2, -0.15) is 0 Å². The average Bonchev–Trinajstić information content (AvgIpc) is 2.46. The van der Waals surface area contributed by atoms with E-state index in [1.165, 1.54) is 58.2 Å². The van der Waals surface area contributed by atoms with Gasteiger partial charge in [0.15, 0.2) is 5.96 Å². The van der Waals surface area contributed by atoms with E-state index in [0.717, 1.165) is 25.0 Å². The van der Waals surface area contributed by atoms with Crippen LogP contribution in [0.25, 0.3) is 0 Å². The molecule has 1 aliphatic heterocycles. The summed E-state index contributed by atoms with van der Waals surface area (Å²) in [5.41, 5.74) is 0. The Kier molecular flexibility index (Phi) is 9.46. The van der Waals surface area contributed by atoms with Gasteiger partial charge in [0.1, 0.15) is 0 Å². The van der Waals surface area contributed by atoms with Crippen LogP contribution >= 0.6 is 0 Å².